The summed E-state index contributed by atoms with van der Waals surface area (Å²) in [7, 11) is 0. The molecule has 1 N–H and O–H groups in total. The van der Waals surface area contributed by atoms with Crippen LogP contribution in [0.1, 0.15) is 0 Å². The fraction of sp³-hybridized carbons (Fsp3) is 0. The molecule has 2 heterocycles. The van der Waals surface area contributed by atoms with E-state index in [1.165, 1.54) is 0 Å². The van der Waals surface area contributed by atoms with Crippen LogP contribution in [0.4, 0.5) is 11.4 Å². The van der Waals surface area contributed by atoms with E-state index in [-0.39, 0.29) is 5.78 Å². The van der Waals surface area contributed by atoms with Gasteiger partial charge in [-0.05, 0) is 72.8 Å². The lowest BCUT2D eigenvalue weighted by atomic mass is 10.2. The number of hydrogen-bond acceptors (Lipinski definition) is 4. The highest BCUT2D eigenvalue weighted by Gasteiger charge is 2.19. The third-order valence-corrected chi connectivity index (χ3v) is 6.41. The molecule has 0 bridgehead atoms. The van der Waals surface area contributed by atoms with Crippen LogP contribution in [0.15, 0.2) is 112 Å². The fourth-order valence-electron chi connectivity index (χ4n) is 4.17. The van der Waals surface area contributed by atoms with Crippen molar-refractivity contribution in [2.75, 3.05) is 5.32 Å². The second-order valence-corrected chi connectivity index (χ2v) is 9.14. The average Bonchev–Trinajstić information content (AvgIpc) is 2.91. The Bertz CT molecular complexity index is 1950. The lowest BCUT2D eigenvalue weighted by Gasteiger charge is -2.18. The molecule has 0 aliphatic rings. The summed E-state index contributed by atoms with van der Waals surface area (Å²) in [5, 5.41) is 5.17. The molecular formula is C28H17Cl2N5O2. The zero-order valence-electron chi connectivity index (χ0n) is 19.1. The summed E-state index contributed by atoms with van der Waals surface area (Å²) in [5.74, 6) is 0.446. The van der Waals surface area contributed by atoms with E-state index in [1.807, 2.05) is 18.2 Å². The smallest absolute Gasteiger partial charge is 0.269 e. The fourth-order valence-corrected chi connectivity index (χ4v) is 4.43. The summed E-state index contributed by atoms with van der Waals surface area (Å²) in [4.78, 5) is 36.7. The largest absolute Gasteiger partial charge is 0.325 e. The number of anilines is 1. The number of fused-ring (bicyclic) bond motifs is 3. The molecule has 6 aromatic rings. The van der Waals surface area contributed by atoms with Gasteiger partial charge in [0.25, 0.3) is 11.1 Å². The van der Waals surface area contributed by atoms with E-state index in [1.54, 1.807) is 83.4 Å². The summed E-state index contributed by atoms with van der Waals surface area (Å²) in [5.41, 5.74) is 1.38. The van der Waals surface area contributed by atoms with Crippen LogP contribution in [-0.2, 0) is 0 Å². The van der Waals surface area contributed by atoms with Gasteiger partial charge in [0.15, 0.2) is 0 Å². The van der Waals surface area contributed by atoms with E-state index in [2.05, 4.69) is 5.32 Å². The number of hydrogen-bond donors (Lipinski definition) is 1. The van der Waals surface area contributed by atoms with Crippen molar-refractivity contribution >= 4 is 68.1 Å². The third kappa shape index (κ3) is 4.14. The van der Waals surface area contributed by atoms with Gasteiger partial charge in [0.2, 0.25) is 11.7 Å². The number of para-hydroxylation sites is 2. The van der Waals surface area contributed by atoms with Crippen LogP contribution in [0.5, 0.6) is 0 Å². The minimum absolute atomic E-state index is 0.126. The molecule has 4 aromatic carbocycles. The van der Waals surface area contributed by atoms with Gasteiger partial charge in [0, 0.05) is 15.7 Å². The van der Waals surface area contributed by atoms with E-state index >= 15 is 0 Å². The molecule has 0 unspecified atom stereocenters. The molecule has 0 aliphatic heterocycles. The van der Waals surface area contributed by atoms with Crippen LogP contribution in [0.3, 0.4) is 0 Å². The maximum Gasteiger partial charge on any atom is 0.269 e. The SMILES string of the molecule is O=c1c2ccccc2nc2n(C(=Nc3ccc(Cl)cc3)Nc3ccc(Cl)cc3)c3ccccc3c(=O)n12. The Morgan fingerprint density at radius 2 is 1.32 bits per heavy atom. The van der Waals surface area contributed by atoms with Gasteiger partial charge in [-0.3, -0.25) is 9.59 Å². The maximum atomic E-state index is 13.5. The quantitative estimate of drug-likeness (QED) is 0.168. The van der Waals surface area contributed by atoms with Gasteiger partial charge >= 0.3 is 0 Å². The van der Waals surface area contributed by atoms with E-state index < -0.39 is 11.1 Å². The third-order valence-electron chi connectivity index (χ3n) is 5.91. The summed E-state index contributed by atoms with van der Waals surface area (Å²) < 4.78 is 2.76. The number of halogens is 2. The van der Waals surface area contributed by atoms with Crippen molar-refractivity contribution in [1.29, 1.82) is 0 Å². The summed E-state index contributed by atoms with van der Waals surface area (Å²) in [6.45, 7) is 0. The molecule has 2 aromatic heterocycles. The first-order valence-electron chi connectivity index (χ1n) is 11.3. The van der Waals surface area contributed by atoms with Crippen LogP contribution in [0.25, 0.3) is 27.6 Å². The molecule has 180 valence electrons. The average molecular weight is 526 g/mol. The lowest BCUT2D eigenvalue weighted by Crippen LogP contribution is -2.34. The predicted octanol–water partition coefficient (Wildman–Crippen LogP) is 6.12. The molecule has 7 nitrogen and oxygen atoms in total. The molecule has 0 saturated carbocycles. The van der Waals surface area contributed by atoms with Gasteiger partial charge in [-0.25, -0.2) is 18.9 Å². The zero-order valence-corrected chi connectivity index (χ0v) is 20.6. The van der Waals surface area contributed by atoms with Crippen molar-refractivity contribution < 1.29 is 0 Å². The Morgan fingerprint density at radius 3 is 2.05 bits per heavy atom. The Hall–Kier alpha value is -4.46. The van der Waals surface area contributed by atoms with Gasteiger partial charge in [-0.1, -0.05) is 47.5 Å². The van der Waals surface area contributed by atoms with Crippen molar-refractivity contribution in [3.63, 3.8) is 0 Å². The minimum Gasteiger partial charge on any atom is -0.325 e. The molecule has 0 amide bonds. The van der Waals surface area contributed by atoms with Crippen molar-refractivity contribution in [3.8, 4) is 0 Å². The number of aromatic nitrogens is 3. The van der Waals surface area contributed by atoms with Crippen LogP contribution in [0, 0.1) is 0 Å². The molecule has 0 atom stereocenters. The Balaban J connectivity index is 1.75. The Labute approximate surface area is 219 Å². The van der Waals surface area contributed by atoms with Crippen molar-refractivity contribution in [1.82, 2.24) is 14.0 Å². The molecule has 6 rings (SSSR count). The van der Waals surface area contributed by atoms with E-state index in [9.17, 15) is 9.59 Å². The van der Waals surface area contributed by atoms with Gasteiger partial charge < -0.3 is 5.32 Å². The number of aliphatic imine (C=N–C) groups is 1. The molecule has 9 heteroatoms. The molecule has 0 aliphatic carbocycles. The van der Waals surface area contributed by atoms with Crippen molar-refractivity contribution in [3.05, 3.63) is 128 Å². The highest BCUT2D eigenvalue weighted by atomic mass is 35.5. The van der Waals surface area contributed by atoms with E-state index in [0.717, 1.165) is 4.40 Å². The minimum atomic E-state index is -0.456. The van der Waals surface area contributed by atoms with Gasteiger partial charge in [0.05, 0.1) is 27.5 Å². The molecule has 0 radical (unpaired) electrons. The number of rotatable bonds is 2. The highest BCUT2D eigenvalue weighted by molar-refractivity contribution is 6.31. The van der Waals surface area contributed by atoms with Crippen LogP contribution >= 0.6 is 23.2 Å². The van der Waals surface area contributed by atoms with Crippen molar-refractivity contribution in [2.24, 2.45) is 4.99 Å². The molecule has 0 saturated heterocycles. The second kappa shape index (κ2) is 9.20. The molecular weight excluding hydrogens is 509 g/mol. The first-order chi connectivity index (χ1) is 18.0. The first kappa shape index (κ1) is 23.0. The molecule has 0 spiro atoms. The van der Waals surface area contributed by atoms with Gasteiger partial charge in [-0.2, -0.15) is 0 Å². The van der Waals surface area contributed by atoms with E-state index in [4.69, 9.17) is 33.2 Å². The lowest BCUT2D eigenvalue weighted by molar-refractivity contribution is 0.966. The van der Waals surface area contributed by atoms with Gasteiger partial charge in [0.1, 0.15) is 0 Å². The van der Waals surface area contributed by atoms with Crippen LogP contribution in [0.2, 0.25) is 10.0 Å². The number of nitrogens with one attached hydrogen (secondary N) is 1. The topological polar surface area (TPSA) is 80.8 Å². The molecule has 0 fully saturated rings. The van der Waals surface area contributed by atoms with E-state index in [0.29, 0.717) is 49.2 Å². The van der Waals surface area contributed by atoms with Gasteiger partial charge in [-0.15, -0.1) is 0 Å². The molecule has 37 heavy (non-hydrogen) atoms. The Morgan fingerprint density at radius 1 is 0.730 bits per heavy atom. The number of nitrogens with zero attached hydrogens (tertiary/aromatic N) is 4. The summed E-state index contributed by atoms with van der Waals surface area (Å²) in [6.07, 6.45) is 0. The van der Waals surface area contributed by atoms with Crippen LogP contribution in [-0.4, -0.2) is 19.9 Å². The monoisotopic (exact) mass is 525 g/mol. The van der Waals surface area contributed by atoms with Crippen molar-refractivity contribution in [2.45, 2.75) is 0 Å². The summed E-state index contributed by atoms with van der Waals surface area (Å²) in [6, 6.07) is 28.1. The predicted molar refractivity (Wildman–Crippen MR) is 150 cm³/mol. The zero-order chi connectivity index (χ0) is 25.5. The first-order valence-corrected chi connectivity index (χ1v) is 12.1. The number of benzene rings is 4. The second-order valence-electron chi connectivity index (χ2n) is 8.27. The standard InChI is InChI=1S/C28H17Cl2N5O2/c29-17-9-13-19(14-10-17)31-27(32-20-15-11-18(30)12-16-20)34-24-8-4-2-6-22(24)26(37)35-25(36)21-5-1-3-7-23(21)33-28(34)35/h1-16H,(H,31,32). The normalized spacial score (nSPS) is 11.9. The highest BCUT2D eigenvalue weighted by Crippen LogP contribution is 2.21. The van der Waals surface area contributed by atoms with Crippen LogP contribution < -0.4 is 16.4 Å². The maximum absolute atomic E-state index is 13.5. The summed E-state index contributed by atoms with van der Waals surface area (Å²) >= 11 is 12.2. The Kier molecular flexibility index (Phi) is 5.71.